The molecule has 112 valence electrons. The lowest BCUT2D eigenvalue weighted by Crippen LogP contribution is -2.07. The van der Waals surface area contributed by atoms with Crippen LogP contribution in [0.5, 0.6) is 11.5 Å². The van der Waals surface area contributed by atoms with E-state index < -0.39 is 0 Å². The van der Waals surface area contributed by atoms with Gasteiger partial charge in [-0.1, -0.05) is 6.07 Å². The smallest absolute Gasteiger partial charge is 0.122 e. The van der Waals surface area contributed by atoms with Crippen molar-refractivity contribution in [1.29, 1.82) is 0 Å². The van der Waals surface area contributed by atoms with Gasteiger partial charge in [-0.05, 0) is 73.0 Å². The first-order valence-electron chi connectivity index (χ1n) is 7.07. The highest BCUT2D eigenvalue weighted by Gasteiger charge is 2.11. The molecule has 0 aliphatic carbocycles. The Morgan fingerprint density at radius 1 is 0.905 bits per heavy atom. The van der Waals surface area contributed by atoms with Gasteiger partial charge in [-0.15, -0.1) is 0 Å². The van der Waals surface area contributed by atoms with Gasteiger partial charge in [-0.25, -0.2) is 0 Å². The molecule has 2 aromatic carbocycles. The molecule has 0 aromatic heterocycles. The third-order valence-corrected chi connectivity index (χ3v) is 3.71. The molecule has 21 heavy (non-hydrogen) atoms. The molecular formula is C18H23NO2. The summed E-state index contributed by atoms with van der Waals surface area (Å²) < 4.78 is 10.7. The second kappa shape index (κ2) is 6.64. The SMILES string of the molecule is CNCc1cc(OC)ccc1-c1cc(C)c(OC)cc1C. The Balaban J connectivity index is 2.58. The van der Waals surface area contributed by atoms with Gasteiger partial charge in [-0.2, -0.15) is 0 Å². The van der Waals surface area contributed by atoms with E-state index in [9.17, 15) is 0 Å². The molecule has 2 rings (SSSR count). The van der Waals surface area contributed by atoms with E-state index in [0.717, 1.165) is 23.6 Å². The minimum absolute atomic E-state index is 0.803. The average molecular weight is 285 g/mol. The molecule has 0 radical (unpaired) electrons. The molecule has 0 fully saturated rings. The van der Waals surface area contributed by atoms with Crippen molar-refractivity contribution in [2.75, 3.05) is 21.3 Å². The summed E-state index contributed by atoms with van der Waals surface area (Å²) in [6.07, 6.45) is 0. The lowest BCUT2D eigenvalue weighted by molar-refractivity contribution is 0.411. The molecule has 3 nitrogen and oxygen atoms in total. The summed E-state index contributed by atoms with van der Waals surface area (Å²) in [5.41, 5.74) is 6.04. The molecule has 1 N–H and O–H groups in total. The second-order valence-electron chi connectivity index (χ2n) is 5.19. The zero-order chi connectivity index (χ0) is 15.4. The third-order valence-electron chi connectivity index (χ3n) is 3.71. The van der Waals surface area contributed by atoms with Crippen molar-refractivity contribution in [1.82, 2.24) is 5.32 Å². The summed E-state index contributed by atoms with van der Waals surface area (Å²) in [5.74, 6) is 1.81. The molecule has 0 saturated heterocycles. The monoisotopic (exact) mass is 285 g/mol. The Labute approximate surface area is 126 Å². The zero-order valence-electron chi connectivity index (χ0n) is 13.4. The Morgan fingerprint density at radius 2 is 1.67 bits per heavy atom. The van der Waals surface area contributed by atoms with Crippen LogP contribution in [0.3, 0.4) is 0 Å². The number of benzene rings is 2. The number of rotatable bonds is 5. The van der Waals surface area contributed by atoms with Gasteiger partial charge in [0.25, 0.3) is 0 Å². The number of methoxy groups -OCH3 is 2. The van der Waals surface area contributed by atoms with Crippen LogP contribution in [-0.4, -0.2) is 21.3 Å². The molecule has 0 spiro atoms. The quantitative estimate of drug-likeness (QED) is 0.908. The van der Waals surface area contributed by atoms with Gasteiger partial charge in [0.1, 0.15) is 11.5 Å². The molecule has 0 bridgehead atoms. The van der Waals surface area contributed by atoms with E-state index in [0.29, 0.717) is 0 Å². The standard InChI is InChI=1S/C18H23NO2/c1-12-9-18(21-5)13(2)8-17(12)16-7-6-15(20-4)10-14(16)11-19-3/h6-10,19H,11H2,1-5H3. The van der Waals surface area contributed by atoms with Crippen molar-refractivity contribution in [2.45, 2.75) is 20.4 Å². The van der Waals surface area contributed by atoms with Gasteiger partial charge in [0.05, 0.1) is 14.2 Å². The van der Waals surface area contributed by atoms with Gasteiger partial charge >= 0.3 is 0 Å². The molecule has 0 atom stereocenters. The predicted molar refractivity (Wildman–Crippen MR) is 87.2 cm³/mol. The first kappa shape index (κ1) is 15.4. The Bertz CT molecular complexity index is 635. The topological polar surface area (TPSA) is 30.5 Å². The van der Waals surface area contributed by atoms with Crippen LogP contribution in [0.25, 0.3) is 11.1 Å². The highest BCUT2D eigenvalue weighted by Crippen LogP contribution is 2.33. The molecule has 3 heteroatoms. The van der Waals surface area contributed by atoms with Crippen molar-refractivity contribution < 1.29 is 9.47 Å². The van der Waals surface area contributed by atoms with E-state index in [-0.39, 0.29) is 0 Å². The summed E-state index contributed by atoms with van der Waals surface area (Å²) in [6.45, 7) is 4.99. The van der Waals surface area contributed by atoms with Crippen LogP contribution >= 0.6 is 0 Å². The zero-order valence-corrected chi connectivity index (χ0v) is 13.4. The van der Waals surface area contributed by atoms with Crippen LogP contribution in [0.2, 0.25) is 0 Å². The van der Waals surface area contributed by atoms with Crippen LogP contribution in [-0.2, 0) is 6.54 Å². The van der Waals surface area contributed by atoms with Crippen molar-refractivity contribution in [3.05, 3.63) is 47.0 Å². The minimum atomic E-state index is 0.803. The van der Waals surface area contributed by atoms with Crippen LogP contribution in [0, 0.1) is 13.8 Å². The van der Waals surface area contributed by atoms with E-state index in [1.165, 1.54) is 22.3 Å². The van der Waals surface area contributed by atoms with Crippen LogP contribution in [0.15, 0.2) is 30.3 Å². The van der Waals surface area contributed by atoms with E-state index in [2.05, 4.69) is 43.4 Å². The highest BCUT2D eigenvalue weighted by atomic mass is 16.5. The number of hydrogen-bond donors (Lipinski definition) is 1. The molecule has 0 unspecified atom stereocenters. The average Bonchev–Trinajstić information content (AvgIpc) is 2.49. The Kier molecular flexibility index (Phi) is 4.86. The molecule has 0 saturated carbocycles. The molecule has 2 aromatic rings. The summed E-state index contributed by atoms with van der Waals surface area (Å²) in [7, 11) is 5.36. The maximum Gasteiger partial charge on any atom is 0.122 e. The lowest BCUT2D eigenvalue weighted by atomic mass is 9.94. The Hall–Kier alpha value is -2.00. The summed E-state index contributed by atoms with van der Waals surface area (Å²) >= 11 is 0. The molecule has 0 aliphatic rings. The molecule has 0 aliphatic heterocycles. The van der Waals surface area contributed by atoms with Crippen LogP contribution < -0.4 is 14.8 Å². The first-order chi connectivity index (χ1) is 10.1. The fourth-order valence-corrected chi connectivity index (χ4v) is 2.60. The molecule has 0 heterocycles. The predicted octanol–water partition coefficient (Wildman–Crippen LogP) is 3.71. The fourth-order valence-electron chi connectivity index (χ4n) is 2.60. The molecule has 0 amide bonds. The highest BCUT2D eigenvalue weighted by molar-refractivity contribution is 5.73. The lowest BCUT2D eigenvalue weighted by Gasteiger charge is -2.16. The van der Waals surface area contributed by atoms with Crippen LogP contribution in [0.4, 0.5) is 0 Å². The Morgan fingerprint density at radius 3 is 2.29 bits per heavy atom. The van der Waals surface area contributed by atoms with Gasteiger partial charge in [-0.3, -0.25) is 0 Å². The van der Waals surface area contributed by atoms with E-state index in [4.69, 9.17) is 9.47 Å². The summed E-state index contributed by atoms with van der Waals surface area (Å²) in [4.78, 5) is 0. The maximum atomic E-state index is 5.40. The van der Waals surface area contributed by atoms with Gasteiger partial charge in [0, 0.05) is 6.54 Å². The largest absolute Gasteiger partial charge is 0.497 e. The van der Waals surface area contributed by atoms with Gasteiger partial charge < -0.3 is 14.8 Å². The van der Waals surface area contributed by atoms with Crippen molar-refractivity contribution in [3.63, 3.8) is 0 Å². The summed E-state index contributed by atoms with van der Waals surface area (Å²) in [5, 5.41) is 3.22. The second-order valence-corrected chi connectivity index (χ2v) is 5.19. The maximum absolute atomic E-state index is 5.40. The first-order valence-corrected chi connectivity index (χ1v) is 7.07. The van der Waals surface area contributed by atoms with Crippen LogP contribution in [0.1, 0.15) is 16.7 Å². The van der Waals surface area contributed by atoms with E-state index in [1.807, 2.05) is 13.1 Å². The number of nitrogens with one attached hydrogen (secondary N) is 1. The number of hydrogen-bond acceptors (Lipinski definition) is 3. The van der Waals surface area contributed by atoms with Crippen molar-refractivity contribution >= 4 is 0 Å². The fraction of sp³-hybridized carbons (Fsp3) is 0.333. The van der Waals surface area contributed by atoms with E-state index >= 15 is 0 Å². The third kappa shape index (κ3) is 3.19. The summed E-state index contributed by atoms with van der Waals surface area (Å²) in [6, 6.07) is 10.5. The van der Waals surface area contributed by atoms with E-state index in [1.54, 1.807) is 14.2 Å². The van der Waals surface area contributed by atoms with Crippen molar-refractivity contribution in [3.8, 4) is 22.6 Å². The number of aryl methyl sites for hydroxylation is 2. The normalized spacial score (nSPS) is 10.5. The number of ether oxygens (including phenoxy) is 2. The molecular weight excluding hydrogens is 262 g/mol. The van der Waals surface area contributed by atoms with Gasteiger partial charge in [0.15, 0.2) is 0 Å². The van der Waals surface area contributed by atoms with Crippen molar-refractivity contribution in [2.24, 2.45) is 0 Å². The van der Waals surface area contributed by atoms with Gasteiger partial charge in [0.2, 0.25) is 0 Å². The minimum Gasteiger partial charge on any atom is -0.497 e.